The molecule has 2 heterocycles. The number of anilines is 1. The van der Waals surface area contributed by atoms with Gasteiger partial charge >= 0.3 is 0 Å². The molecule has 2 aliphatic heterocycles. The standard InChI is InChI=1S/C16H23N3O2/c1-13-3-4-15-14(11-13)19(16(20)12-21-15)10-9-18-7-5-17(2)6-8-18/h3-4,11H,5-10,12H2,1-2H3. The Morgan fingerprint density at radius 1 is 1.14 bits per heavy atom. The fourth-order valence-corrected chi connectivity index (χ4v) is 2.87. The molecular formula is C16H23N3O2. The van der Waals surface area contributed by atoms with E-state index in [0.29, 0.717) is 0 Å². The van der Waals surface area contributed by atoms with Crippen molar-refractivity contribution in [3.05, 3.63) is 23.8 Å². The van der Waals surface area contributed by atoms with E-state index in [9.17, 15) is 4.79 Å². The minimum absolute atomic E-state index is 0.0576. The maximum atomic E-state index is 12.2. The van der Waals surface area contributed by atoms with Crippen molar-refractivity contribution in [3.63, 3.8) is 0 Å². The average Bonchev–Trinajstić information content (AvgIpc) is 2.48. The molecule has 1 aromatic carbocycles. The number of piperazine rings is 1. The molecule has 0 bridgehead atoms. The predicted molar refractivity (Wildman–Crippen MR) is 83.0 cm³/mol. The highest BCUT2D eigenvalue weighted by molar-refractivity contribution is 5.97. The van der Waals surface area contributed by atoms with Gasteiger partial charge in [0.2, 0.25) is 0 Å². The predicted octanol–water partition coefficient (Wildman–Crippen LogP) is 0.968. The molecule has 0 N–H and O–H groups in total. The molecule has 114 valence electrons. The molecular weight excluding hydrogens is 266 g/mol. The zero-order valence-electron chi connectivity index (χ0n) is 12.8. The summed E-state index contributed by atoms with van der Waals surface area (Å²) in [6.07, 6.45) is 0. The Labute approximate surface area is 126 Å². The quantitative estimate of drug-likeness (QED) is 0.831. The monoisotopic (exact) mass is 289 g/mol. The van der Waals surface area contributed by atoms with Crippen LogP contribution in [0.25, 0.3) is 0 Å². The van der Waals surface area contributed by atoms with E-state index in [0.717, 1.165) is 56.3 Å². The van der Waals surface area contributed by atoms with Crippen LogP contribution in [0.5, 0.6) is 5.75 Å². The Bertz CT molecular complexity index is 524. The molecule has 1 amide bonds. The number of aryl methyl sites for hydroxylation is 1. The van der Waals surface area contributed by atoms with Gasteiger partial charge in [0.1, 0.15) is 5.75 Å². The van der Waals surface area contributed by atoms with Crippen LogP contribution in [-0.2, 0) is 4.79 Å². The molecule has 0 spiro atoms. The lowest BCUT2D eigenvalue weighted by atomic mass is 10.1. The van der Waals surface area contributed by atoms with Gasteiger partial charge in [-0.05, 0) is 31.7 Å². The third kappa shape index (κ3) is 3.19. The van der Waals surface area contributed by atoms with Crippen molar-refractivity contribution in [2.45, 2.75) is 6.92 Å². The first kappa shape index (κ1) is 14.4. The molecule has 5 nitrogen and oxygen atoms in total. The van der Waals surface area contributed by atoms with Crippen molar-refractivity contribution in [2.75, 3.05) is 57.8 Å². The van der Waals surface area contributed by atoms with Gasteiger partial charge in [-0.3, -0.25) is 9.69 Å². The number of carbonyl (C=O) groups is 1. The van der Waals surface area contributed by atoms with Crippen LogP contribution in [0.1, 0.15) is 5.56 Å². The normalized spacial score (nSPS) is 20.3. The summed E-state index contributed by atoms with van der Waals surface area (Å²) in [6, 6.07) is 6.02. The average molecular weight is 289 g/mol. The zero-order valence-corrected chi connectivity index (χ0v) is 12.8. The number of ether oxygens (including phenoxy) is 1. The molecule has 2 aliphatic rings. The maximum absolute atomic E-state index is 12.2. The van der Waals surface area contributed by atoms with Crippen molar-refractivity contribution in [1.29, 1.82) is 0 Å². The van der Waals surface area contributed by atoms with Crippen LogP contribution < -0.4 is 9.64 Å². The van der Waals surface area contributed by atoms with Crippen LogP contribution in [0.15, 0.2) is 18.2 Å². The molecule has 0 atom stereocenters. The number of amides is 1. The fraction of sp³-hybridized carbons (Fsp3) is 0.562. The van der Waals surface area contributed by atoms with E-state index in [2.05, 4.69) is 16.8 Å². The molecule has 5 heteroatoms. The van der Waals surface area contributed by atoms with Gasteiger partial charge < -0.3 is 14.5 Å². The van der Waals surface area contributed by atoms with Crippen molar-refractivity contribution >= 4 is 11.6 Å². The smallest absolute Gasteiger partial charge is 0.265 e. The second-order valence-electron chi connectivity index (χ2n) is 5.95. The number of carbonyl (C=O) groups excluding carboxylic acids is 1. The topological polar surface area (TPSA) is 36.0 Å². The molecule has 0 radical (unpaired) electrons. The van der Waals surface area contributed by atoms with Gasteiger partial charge in [-0.25, -0.2) is 0 Å². The second kappa shape index (κ2) is 6.03. The van der Waals surface area contributed by atoms with Gasteiger partial charge in [-0.1, -0.05) is 6.07 Å². The summed E-state index contributed by atoms with van der Waals surface area (Å²) in [5.74, 6) is 0.876. The fourth-order valence-electron chi connectivity index (χ4n) is 2.87. The van der Waals surface area contributed by atoms with Crippen LogP contribution in [0.3, 0.4) is 0 Å². The molecule has 1 fully saturated rings. The highest BCUT2D eigenvalue weighted by Gasteiger charge is 2.26. The van der Waals surface area contributed by atoms with Crippen molar-refractivity contribution in [1.82, 2.24) is 9.80 Å². The number of hydrogen-bond acceptors (Lipinski definition) is 4. The lowest BCUT2D eigenvalue weighted by Crippen LogP contribution is -2.49. The summed E-state index contributed by atoms with van der Waals surface area (Å²) >= 11 is 0. The molecule has 0 unspecified atom stereocenters. The van der Waals surface area contributed by atoms with Gasteiger partial charge in [0, 0.05) is 39.3 Å². The van der Waals surface area contributed by atoms with Gasteiger partial charge in [0.25, 0.3) is 5.91 Å². The molecule has 1 saturated heterocycles. The van der Waals surface area contributed by atoms with E-state index in [1.165, 1.54) is 0 Å². The van der Waals surface area contributed by atoms with E-state index < -0.39 is 0 Å². The summed E-state index contributed by atoms with van der Waals surface area (Å²) in [5, 5.41) is 0. The molecule has 1 aromatic rings. The molecule has 0 aromatic heterocycles. The van der Waals surface area contributed by atoms with Gasteiger partial charge in [-0.15, -0.1) is 0 Å². The Morgan fingerprint density at radius 2 is 1.90 bits per heavy atom. The van der Waals surface area contributed by atoms with Gasteiger partial charge in [-0.2, -0.15) is 0 Å². The second-order valence-corrected chi connectivity index (χ2v) is 5.95. The third-order valence-corrected chi connectivity index (χ3v) is 4.29. The van der Waals surface area contributed by atoms with Crippen LogP contribution >= 0.6 is 0 Å². The maximum Gasteiger partial charge on any atom is 0.265 e. The Kier molecular flexibility index (Phi) is 4.12. The minimum Gasteiger partial charge on any atom is -0.482 e. The van der Waals surface area contributed by atoms with E-state index in [4.69, 9.17) is 4.74 Å². The van der Waals surface area contributed by atoms with Gasteiger partial charge in [0.05, 0.1) is 5.69 Å². The SMILES string of the molecule is Cc1ccc2c(c1)N(CCN1CCN(C)CC1)C(=O)CO2. The summed E-state index contributed by atoms with van der Waals surface area (Å²) in [5.41, 5.74) is 2.07. The van der Waals surface area contributed by atoms with Crippen LogP contribution in [0.2, 0.25) is 0 Å². The highest BCUT2D eigenvalue weighted by atomic mass is 16.5. The Balaban J connectivity index is 1.67. The molecule has 3 rings (SSSR count). The summed E-state index contributed by atoms with van der Waals surface area (Å²) < 4.78 is 5.52. The van der Waals surface area contributed by atoms with E-state index >= 15 is 0 Å². The van der Waals surface area contributed by atoms with E-state index in [1.54, 1.807) is 0 Å². The summed E-state index contributed by atoms with van der Waals surface area (Å²) in [6.45, 7) is 8.22. The number of rotatable bonds is 3. The minimum atomic E-state index is 0.0576. The van der Waals surface area contributed by atoms with E-state index in [-0.39, 0.29) is 12.5 Å². The molecule has 0 saturated carbocycles. The molecule has 21 heavy (non-hydrogen) atoms. The number of fused-ring (bicyclic) bond motifs is 1. The van der Waals surface area contributed by atoms with Gasteiger partial charge in [0.15, 0.2) is 6.61 Å². The van der Waals surface area contributed by atoms with Crippen molar-refractivity contribution < 1.29 is 9.53 Å². The first-order chi connectivity index (χ1) is 10.1. The van der Waals surface area contributed by atoms with Crippen LogP contribution in [0, 0.1) is 6.92 Å². The number of hydrogen-bond donors (Lipinski definition) is 0. The lowest BCUT2D eigenvalue weighted by Gasteiger charge is -2.35. The first-order valence-corrected chi connectivity index (χ1v) is 7.58. The summed E-state index contributed by atoms with van der Waals surface area (Å²) in [7, 11) is 2.15. The van der Waals surface area contributed by atoms with Crippen molar-refractivity contribution in [2.24, 2.45) is 0 Å². The number of benzene rings is 1. The lowest BCUT2D eigenvalue weighted by molar-refractivity contribution is -0.121. The number of nitrogens with zero attached hydrogens (tertiary/aromatic N) is 3. The first-order valence-electron chi connectivity index (χ1n) is 7.58. The zero-order chi connectivity index (χ0) is 14.8. The summed E-state index contributed by atoms with van der Waals surface area (Å²) in [4.78, 5) is 18.8. The highest BCUT2D eigenvalue weighted by Crippen LogP contribution is 2.32. The number of likely N-dealkylation sites (N-methyl/N-ethyl adjacent to an activating group) is 1. The van der Waals surface area contributed by atoms with Crippen LogP contribution in [0.4, 0.5) is 5.69 Å². The Morgan fingerprint density at radius 3 is 2.67 bits per heavy atom. The Hall–Kier alpha value is -1.59. The van der Waals surface area contributed by atoms with Crippen molar-refractivity contribution in [3.8, 4) is 5.75 Å². The molecule has 0 aliphatic carbocycles. The van der Waals surface area contributed by atoms with Crippen LogP contribution in [-0.4, -0.2) is 68.6 Å². The third-order valence-electron chi connectivity index (χ3n) is 4.29. The van der Waals surface area contributed by atoms with E-state index in [1.807, 2.05) is 30.0 Å². The largest absolute Gasteiger partial charge is 0.482 e.